The number of benzene rings is 1. The second kappa shape index (κ2) is 8.04. The molecule has 5 heteroatoms. The summed E-state index contributed by atoms with van der Waals surface area (Å²) < 4.78 is 10.8. The Morgan fingerprint density at radius 1 is 1.24 bits per heavy atom. The number of aliphatic hydroxyl groups excluding tert-OH is 1. The molecule has 2 fully saturated rings. The Hall–Kier alpha value is -1.14. The Morgan fingerprint density at radius 2 is 2.00 bits per heavy atom. The summed E-state index contributed by atoms with van der Waals surface area (Å²) >= 11 is 0. The van der Waals surface area contributed by atoms with Crippen molar-refractivity contribution >= 4 is 0 Å². The highest BCUT2D eigenvalue weighted by Gasteiger charge is 2.34. The van der Waals surface area contributed by atoms with Crippen molar-refractivity contribution in [1.29, 1.82) is 0 Å². The number of hydrogen-bond donors (Lipinski definition) is 1. The molecule has 1 aromatic carbocycles. The first-order valence-corrected chi connectivity index (χ1v) is 9.37. The average molecular weight is 348 g/mol. The van der Waals surface area contributed by atoms with Crippen molar-refractivity contribution in [3.63, 3.8) is 0 Å². The monoisotopic (exact) mass is 348 g/mol. The smallest absolute Gasteiger partial charge is 0.119 e. The second-order valence-corrected chi connectivity index (χ2v) is 7.89. The summed E-state index contributed by atoms with van der Waals surface area (Å²) in [5.74, 6) is 1.05. The lowest BCUT2D eigenvalue weighted by Gasteiger charge is -2.46. The molecule has 2 aliphatic rings. The Bertz CT molecular complexity index is 558. The van der Waals surface area contributed by atoms with Gasteiger partial charge in [0.25, 0.3) is 0 Å². The summed E-state index contributed by atoms with van der Waals surface area (Å²) in [4.78, 5) is 4.92. The minimum Gasteiger partial charge on any atom is -0.497 e. The number of nitrogens with zero attached hydrogens (tertiary/aromatic N) is 2. The molecule has 1 aromatic rings. The summed E-state index contributed by atoms with van der Waals surface area (Å²) in [6.07, 6.45) is 0.648. The van der Waals surface area contributed by atoms with Gasteiger partial charge in [0, 0.05) is 37.6 Å². The van der Waals surface area contributed by atoms with E-state index in [1.165, 1.54) is 5.56 Å². The van der Waals surface area contributed by atoms with E-state index in [9.17, 15) is 5.11 Å². The Balaban J connectivity index is 1.59. The van der Waals surface area contributed by atoms with Gasteiger partial charge in [-0.15, -0.1) is 0 Å². The third-order valence-electron chi connectivity index (χ3n) is 5.67. The number of ether oxygens (including phenoxy) is 2. The second-order valence-electron chi connectivity index (χ2n) is 7.89. The summed E-state index contributed by atoms with van der Waals surface area (Å²) in [6, 6.07) is 8.12. The summed E-state index contributed by atoms with van der Waals surface area (Å²) in [6.45, 7) is 11.0. The molecule has 1 N–H and O–H groups in total. The first kappa shape index (κ1) is 18.6. The van der Waals surface area contributed by atoms with E-state index in [4.69, 9.17) is 9.47 Å². The van der Waals surface area contributed by atoms with E-state index >= 15 is 0 Å². The van der Waals surface area contributed by atoms with E-state index in [1.807, 2.05) is 12.1 Å². The lowest BCUT2D eigenvalue weighted by atomic mass is 9.86. The van der Waals surface area contributed by atoms with Crippen molar-refractivity contribution in [3.05, 3.63) is 29.8 Å². The van der Waals surface area contributed by atoms with Crippen molar-refractivity contribution < 1.29 is 14.6 Å². The van der Waals surface area contributed by atoms with Crippen molar-refractivity contribution in [2.45, 2.75) is 37.8 Å². The lowest BCUT2D eigenvalue weighted by molar-refractivity contribution is -0.0335. The van der Waals surface area contributed by atoms with Gasteiger partial charge in [0.2, 0.25) is 0 Å². The van der Waals surface area contributed by atoms with Crippen LogP contribution in [0, 0.1) is 0 Å². The van der Waals surface area contributed by atoms with Gasteiger partial charge in [0.05, 0.1) is 26.4 Å². The number of methoxy groups -OCH3 is 1. The molecular formula is C20H32N2O3. The van der Waals surface area contributed by atoms with Gasteiger partial charge in [0.1, 0.15) is 5.75 Å². The Labute approximate surface area is 151 Å². The molecule has 0 unspecified atom stereocenters. The van der Waals surface area contributed by atoms with Gasteiger partial charge < -0.3 is 14.6 Å². The van der Waals surface area contributed by atoms with Gasteiger partial charge in [-0.05, 0) is 44.5 Å². The first-order chi connectivity index (χ1) is 12.0. The lowest BCUT2D eigenvalue weighted by Crippen LogP contribution is -2.57. The highest BCUT2D eigenvalue weighted by Crippen LogP contribution is 2.31. The number of aliphatic hydroxyl groups is 1. The zero-order valence-corrected chi connectivity index (χ0v) is 15.8. The van der Waals surface area contributed by atoms with Crippen LogP contribution in [-0.2, 0) is 4.74 Å². The fraction of sp³-hybridized carbons (Fsp3) is 0.700. The third kappa shape index (κ3) is 4.53. The number of rotatable bonds is 5. The van der Waals surface area contributed by atoms with Crippen LogP contribution in [0.25, 0.3) is 0 Å². The molecule has 2 atom stereocenters. The Morgan fingerprint density at radius 3 is 2.68 bits per heavy atom. The quantitative estimate of drug-likeness (QED) is 0.881. The van der Waals surface area contributed by atoms with Crippen LogP contribution in [0.4, 0.5) is 0 Å². The molecule has 3 rings (SSSR count). The Kier molecular flexibility index (Phi) is 6.00. The molecule has 0 bridgehead atoms. The molecule has 2 heterocycles. The normalized spacial score (nSPS) is 26.6. The van der Waals surface area contributed by atoms with Crippen molar-refractivity contribution in [1.82, 2.24) is 9.80 Å². The predicted octanol–water partition coefficient (Wildman–Crippen LogP) is 1.96. The van der Waals surface area contributed by atoms with Crippen LogP contribution < -0.4 is 4.74 Å². The van der Waals surface area contributed by atoms with E-state index < -0.39 is 0 Å². The van der Waals surface area contributed by atoms with Crippen LogP contribution in [0.5, 0.6) is 5.75 Å². The molecule has 0 aliphatic carbocycles. The molecule has 0 aromatic heterocycles. The molecule has 140 valence electrons. The summed E-state index contributed by atoms with van der Waals surface area (Å²) in [7, 11) is 1.69. The van der Waals surface area contributed by atoms with Crippen LogP contribution in [0.15, 0.2) is 24.3 Å². The van der Waals surface area contributed by atoms with Crippen LogP contribution in [-0.4, -0.2) is 79.6 Å². The maximum absolute atomic E-state index is 10.7. The predicted molar refractivity (Wildman–Crippen MR) is 99.3 cm³/mol. The van der Waals surface area contributed by atoms with Gasteiger partial charge in [-0.3, -0.25) is 9.80 Å². The molecule has 0 saturated carbocycles. The van der Waals surface area contributed by atoms with Gasteiger partial charge >= 0.3 is 0 Å². The average Bonchev–Trinajstić information content (AvgIpc) is 2.62. The molecule has 2 aliphatic heterocycles. The van der Waals surface area contributed by atoms with Crippen LogP contribution >= 0.6 is 0 Å². The van der Waals surface area contributed by atoms with Crippen molar-refractivity contribution in [2.24, 2.45) is 0 Å². The van der Waals surface area contributed by atoms with Gasteiger partial charge in [-0.1, -0.05) is 12.1 Å². The fourth-order valence-electron chi connectivity index (χ4n) is 4.22. The van der Waals surface area contributed by atoms with E-state index in [0.29, 0.717) is 0 Å². The molecule has 25 heavy (non-hydrogen) atoms. The van der Waals surface area contributed by atoms with E-state index in [0.717, 1.165) is 58.1 Å². The number of morpholine rings is 1. The van der Waals surface area contributed by atoms with Gasteiger partial charge in [-0.25, -0.2) is 0 Å². The molecule has 2 saturated heterocycles. The number of piperidine rings is 1. The molecule has 0 spiro atoms. The first-order valence-electron chi connectivity index (χ1n) is 9.37. The minimum absolute atomic E-state index is 0.103. The maximum atomic E-state index is 10.7. The molecule has 0 amide bonds. The van der Waals surface area contributed by atoms with Gasteiger partial charge in [0.15, 0.2) is 0 Å². The topological polar surface area (TPSA) is 45.2 Å². The fourth-order valence-corrected chi connectivity index (χ4v) is 4.22. The van der Waals surface area contributed by atoms with E-state index in [-0.39, 0.29) is 17.6 Å². The maximum Gasteiger partial charge on any atom is 0.119 e. The van der Waals surface area contributed by atoms with Crippen molar-refractivity contribution in [3.8, 4) is 5.75 Å². The van der Waals surface area contributed by atoms with Gasteiger partial charge in [-0.2, -0.15) is 0 Å². The number of hydrogen-bond acceptors (Lipinski definition) is 5. The SMILES string of the molecule is COc1cccc([C@@H]2CCN(CC(C)(C)N3CCOCC3)C[C@H]2O)c1. The zero-order valence-electron chi connectivity index (χ0n) is 15.8. The molecule has 5 nitrogen and oxygen atoms in total. The third-order valence-corrected chi connectivity index (χ3v) is 5.67. The highest BCUT2D eigenvalue weighted by atomic mass is 16.5. The standard InChI is InChI=1S/C20H32N2O3/c1-20(2,22-9-11-25-12-10-22)15-21-8-7-18(19(23)14-21)16-5-4-6-17(13-16)24-3/h4-6,13,18-19,23H,7-12,14-15H2,1-3H3/t18-,19+/m0/s1. The largest absolute Gasteiger partial charge is 0.497 e. The van der Waals surface area contributed by atoms with Crippen LogP contribution in [0.2, 0.25) is 0 Å². The van der Waals surface area contributed by atoms with E-state index in [2.05, 4.69) is 35.8 Å². The zero-order chi connectivity index (χ0) is 17.9. The minimum atomic E-state index is -0.332. The van der Waals surface area contributed by atoms with Crippen LogP contribution in [0.1, 0.15) is 31.7 Å². The van der Waals surface area contributed by atoms with Crippen molar-refractivity contribution in [2.75, 3.05) is 53.0 Å². The number of β-amino-alcohol motifs (C(OH)–C–C–N with tert-alkyl or cyclic N) is 1. The van der Waals surface area contributed by atoms with E-state index in [1.54, 1.807) is 7.11 Å². The summed E-state index contributed by atoms with van der Waals surface area (Å²) in [5.41, 5.74) is 1.28. The highest BCUT2D eigenvalue weighted by molar-refractivity contribution is 5.31. The molecular weight excluding hydrogens is 316 g/mol. The molecule has 0 radical (unpaired) electrons. The van der Waals surface area contributed by atoms with Crippen LogP contribution in [0.3, 0.4) is 0 Å². The number of likely N-dealkylation sites (tertiary alicyclic amines) is 1. The summed E-state index contributed by atoms with van der Waals surface area (Å²) in [5, 5.41) is 10.7.